The van der Waals surface area contributed by atoms with E-state index in [2.05, 4.69) is 0 Å². The Bertz CT molecular complexity index is 492. The van der Waals surface area contributed by atoms with E-state index in [9.17, 15) is 25.3 Å². The molecule has 104 valence electrons. The van der Waals surface area contributed by atoms with Gasteiger partial charge in [0.25, 0.3) is 0 Å². The minimum Gasteiger partial charge on any atom is -0.270 e. The Kier molecular flexibility index (Phi) is 4.86. The van der Waals surface area contributed by atoms with Crippen LogP contribution < -0.4 is 0 Å². The molecule has 6 nitrogen and oxygen atoms in total. The third-order valence-corrected chi connectivity index (χ3v) is 13.8. The summed E-state index contributed by atoms with van der Waals surface area (Å²) in [5, 5.41) is 0. The second-order valence-electron chi connectivity index (χ2n) is 4.42. The van der Waals surface area contributed by atoms with Crippen molar-refractivity contribution in [1.29, 1.82) is 0 Å². The molecule has 0 unspecified atom stereocenters. The van der Waals surface area contributed by atoms with Crippen molar-refractivity contribution in [3.8, 4) is 0 Å². The minimum absolute atomic E-state index is 0.229. The summed E-state index contributed by atoms with van der Waals surface area (Å²) < 4.78 is 66.8. The smallest absolute Gasteiger partial charge is 0.270 e. The average Bonchev–Trinajstić information content (AvgIpc) is 1.96. The quantitative estimate of drug-likeness (QED) is 0.633. The Morgan fingerprint density at radius 1 is 0.765 bits per heavy atom. The standard InChI is InChI=1S/C7H18BO6S3/c1-5-6-7-8(15(2,9)10,16(3,11)12)17(4,13)14/h5-7H2,1-4H3/q-1. The second kappa shape index (κ2) is 4.89. The van der Waals surface area contributed by atoms with E-state index >= 15 is 0 Å². The summed E-state index contributed by atoms with van der Waals surface area (Å²) in [7, 11) is -12.7. The fourth-order valence-electron chi connectivity index (χ4n) is 2.05. The van der Waals surface area contributed by atoms with Crippen molar-refractivity contribution in [2.45, 2.75) is 26.1 Å². The first kappa shape index (κ1) is 16.9. The fourth-order valence-corrected chi connectivity index (χ4v) is 11.5. The van der Waals surface area contributed by atoms with Gasteiger partial charge >= 0.3 is 3.98 Å². The Balaban J connectivity index is 6.36. The third-order valence-electron chi connectivity index (χ3n) is 2.87. The van der Waals surface area contributed by atoms with Crippen LogP contribution in [0.1, 0.15) is 19.8 Å². The molecule has 10 heteroatoms. The van der Waals surface area contributed by atoms with Gasteiger partial charge in [-0.1, -0.05) is 19.8 Å². The molecule has 0 aliphatic heterocycles. The molecule has 0 fully saturated rings. The Labute approximate surface area is 103 Å². The maximum absolute atomic E-state index is 11.7. The van der Waals surface area contributed by atoms with Crippen molar-refractivity contribution >= 4 is 33.0 Å². The van der Waals surface area contributed by atoms with Crippen molar-refractivity contribution in [2.75, 3.05) is 18.8 Å². The van der Waals surface area contributed by atoms with E-state index in [1.165, 1.54) is 0 Å². The van der Waals surface area contributed by atoms with E-state index in [1.807, 2.05) is 0 Å². The average molecular weight is 305 g/mol. The Hall–Kier alpha value is -0.0851. The molecule has 0 saturated heterocycles. The molecule has 0 amide bonds. The van der Waals surface area contributed by atoms with Gasteiger partial charge in [0.05, 0.1) is 0 Å². The van der Waals surface area contributed by atoms with Crippen LogP contribution in [0, 0.1) is 0 Å². The van der Waals surface area contributed by atoms with E-state index in [0.29, 0.717) is 25.2 Å². The SMILES string of the molecule is CCCC[B-](S(C)(=O)=O)(S(C)(=O)=O)S(C)(=O)=O. The van der Waals surface area contributed by atoms with Gasteiger partial charge in [-0.15, -0.1) is 6.32 Å². The summed E-state index contributed by atoms with van der Waals surface area (Å²) in [5.74, 6) is 0. The van der Waals surface area contributed by atoms with E-state index < -0.39 is 33.0 Å². The molecule has 0 saturated carbocycles. The van der Waals surface area contributed by atoms with E-state index in [1.54, 1.807) is 6.92 Å². The molecule has 0 aromatic carbocycles. The monoisotopic (exact) mass is 305 g/mol. The largest absolute Gasteiger partial charge is 0.382 e. The summed E-state index contributed by atoms with van der Waals surface area (Å²) in [6.45, 7) is 1.73. The lowest BCUT2D eigenvalue weighted by Gasteiger charge is -2.32. The topological polar surface area (TPSA) is 102 Å². The normalized spacial score (nSPS) is 14.8. The first-order valence-corrected chi connectivity index (χ1v) is 10.9. The summed E-state index contributed by atoms with van der Waals surface area (Å²) in [6.07, 6.45) is 2.39. The number of hydrogen-bond donors (Lipinski definition) is 0. The third kappa shape index (κ3) is 3.03. The zero-order valence-corrected chi connectivity index (χ0v) is 12.8. The van der Waals surface area contributed by atoms with Crippen LogP contribution in [0.2, 0.25) is 6.32 Å². The molecular weight excluding hydrogens is 287 g/mol. The van der Waals surface area contributed by atoms with Gasteiger partial charge in [-0.2, -0.15) is 0 Å². The molecular formula is C7H18BO6S3-. The van der Waals surface area contributed by atoms with Crippen LogP contribution in [0.15, 0.2) is 0 Å². The van der Waals surface area contributed by atoms with Crippen LogP contribution in [-0.4, -0.2) is 48.0 Å². The lowest BCUT2D eigenvalue weighted by atomic mass is 9.94. The molecule has 0 aromatic heterocycles. The zero-order chi connectivity index (χ0) is 14.1. The Morgan fingerprint density at radius 2 is 1.06 bits per heavy atom. The van der Waals surface area contributed by atoms with Crippen molar-refractivity contribution < 1.29 is 25.3 Å². The second-order valence-corrected chi connectivity index (χ2v) is 12.7. The van der Waals surface area contributed by atoms with Crippen LogP contribution in [0.4, 0.5) is 0 Å². The molecule has 0 aliphatic carbocycles. The summed E-state index contributed by atoms with van der Waals surface area (Å²) in [5.41, 5.74) is 0. The van der Waals surface area contributed by atoms with Gasteiger partial charge in [-0.3, -0.25) is 25.3 Å². The predicted molar refractivity (Wildman–Crippen MR) is 70.0 cm³/mol. The highest BCUT2D eigenvalue weighted by Gasteiger charge is 2.55. The number of unbranched alkanes of at least 4 members (excludes halogenated alkanes) is 1. The van der Waals surface area contributed by atoms with Crippen molar-refractivity contribution in [3.63, 3.8) is 0 Å². The van der Waals surface area contributed by atoms with Gasteiger partial charge in [-0.25, -0.2) is 0 Å². The van der Waals surface area contributed by atoms with Crippen LogP contribution in [0.25, 0.3) is 0 Å². The van der Waals surface area contributed by atoms with E-state index in [-0.39, 0.29) is 12.7 Å². The number of hydrogen-bond acceptors (Lipinski definition) is 6. The molecule has 0 spiro atoms. The van der Waals surface area contributed by atoms with Gasteiger partial charge in [0, 0.05) is 47.8 Å². The van der Waals surface area contributed by atoms with Gasteiger partial charge in [-0.05, 0) is 0 Å². The summed E-state index contributed by atoms with van der Waals surface area (Å²) >= 11 is 0. The maximum Gasteiger partial charge on any atom is 0.382 e. The van der Waals surface area contributed by atoms with Crippen LogP contribution in [0.3, 0.4) is 0 Å². The molecule has 0 radical (unpaired) electrons. The molecule has 0 aromatic rings. The molecule has 0 atom stereocenters. The molecule has 17 heavy (non-hydrogen) atoms. The highest BCUT2D eigenvalue weighted by Crippen LogP contribution is 2.30. The molecule has 0 bridgehead atoms. The molecule has 0 rings (SSSR count). The van der Waals surface area contributed by atoms with Crippen molar-refractivity contribution in [2.24, 2.45) is 0 Å². The fraction of sp³-hybridized carbons (Fsp3) is 1.00. The summed E-state index contributed by atoms with van der Waals surface area (Å²) in [4.78, 5) is 0. The van der Waals surface area contributed by atoms with Gasteiger partial charge in [0.2, 0.25) is 0 Å². The van der Waals surface area contributed by atoms with Crippen LogP contribution in [-0.2, 0) is 29.1 Å². The van der Waals surface area contributed by atoms with Crippen LogP contribution >= 0.6 is 0 Å². The van der Waals surface area contributed by atoms with Gasteiger partial charge < -0.3 is 0 Å². The van der Waals surface area contributed by atoms with Crippen molar-refractivity contribution in [3.05, 3.63) is 0 Å². The first-order valence-electron chi connectivity index (χ1n) is 5.05. The van der Waals surface area contributed by atoms with E-state index in [4.69, 9.17) is 0 Å². The van der Waals surface area contributed by atoms with Crippen molar-refractivity contribution in [1.82, 2.24) is 0 Å². The van der Waals surface area contributed by atoms with Gasteiger partial charge in [0.15, 0.2) is 0 Å². The minimum atomic E-state index is -4.23. The Morgan fingerprint density at radius 3 is 1.24 bits per heavy atom. The number of rotatable bonds is 6. The zero-order valence-electron chi connectivity index (χ0n) is 10.4. The lowest BCUT2D eigenvalue weighted by molar-refractivity contribution is 0.604. The first-order chi connectivity index (χ1) is 7.31. The maximum atomic E-state index is 11.7. The predicted octanol–water partition coefficient (Wildman–Crippen LogP) is -0.141. The van der Waals surface area contributed by atoms with Gasteiger partial charge in [0.1, 0.15) is 0 Å². The van der Waals surface area contributed by atoms with Crippen LogP contribution in [0.5, 0.6) is 0 Å². The van der Waals surface area contributed by atoms with E-state index in [0.717, 1.165) is 0 Å². The molecule has 0 heterocycles. The molecule has 0 N–H and O–H groups in total. The highest BCUT2D eigenvalue weighted by atomic mass is 32.3. The highest BCUT2D eigenvalue weighted by molar-refractivity contribution is 8.73. The summed E-state index contributed by atoms with van der Waals surface area (Å²) in [6, 6.07) is 0. The molecule has 0 aliphatic rings. The lowest BCUT2D eigenvalue weighted by Crippen LogP contribution is -2.57.